The van der Waals surface area contributed by atoms with Crippen molar-refractivity contribution < 1.29 is 9.53 Å². The van der Waals surface area contributed by atoms with Crippen molar-refractivity contribution in [3.05, 3.63) is 16.0 Å². The molecule has 1 amide bonds. The second-order valence-electron chi connectivity index (χ2n) is 4.13. The Morgan fingerprint density at radius 2 is 2.12 bits per heavy atom. The number of nitrogens with two attached hydrogens (primary N) is 1. The van der Waals surface area contributed by atoms with Gasteiger partial charge in [0, 0.05) is 18.0 Å². The average Bonchev–Trinajstić information content (AvgIpc) is 2.63. The highest BCUT2D eigenvalue weighted by Gasteiger charge is 2.25. The van der Waals surface area contributed by atoms with E-state index in [0.29, 0.717) is 31.3 Å². The number of nitrogen functional groups attached to an aromatic ring is 1. The van der Waals surface area contributed by atoms with E-state index < -0.39 is 0 Å². The first kappa shape index (κ1) is 12.4. The number of carbonyl (C=O) groups is 1. The third-order valence-corrected chi connectivity index (χ3v) is 4.08. The van der Waals surface area contributed by atoms with Crippen LogP contribution in [0.15, 0.2) is 0 Å². The Hall–Kier alpha value is -1.07. The molecule has 5 heteroatoms. The summed E-state index contributed by atoms with van der Waals surface area (Å²) in [5.74, 6) is 0.0620. The Kier molecular flexibility index (Phi) is 3.69. The van der Waals surface area contributed by atoms with Gasteiger partial charge in [0.25, 0.3) is 5.91 Å². The van der Waals surface area contributed by atoms with E-state index in [9.17, 15) is 4.79 Å². The highest BCUT2D eigenvalue weighted by atomic mass is 32.1. The Bertz CT molecular complexity index is 422. The van der Waals surface area contributed by atoms with E-state index in [-0.39, 0.29) is 5.91 Å². The maximum absolute atomic E-state index is 12.4. The Labute approximate surface area is 105 Å². The molecule has 1 aliphatic heterocycles. The predicted octanol–water partition coefficient (Wildman–Crippen LogP) is 1.67. The van der Waals surface area contributed by atoms with Crippen LogP contribution in [-0.4, -0.2) is 37.1 Å². The molecule has 1 aromatic heterocycles. The van der Waals surface area contributed by atoms with Gasteiger partial charge in [-0.25, -0.2) is 0 Å². The smallest absolute Gasteiger partial charge is 0.257 e. The molecule has 0 spiro atoms. The molecule has 1 aliphatic rings. The number of hydrogen-bond acceptors (Lipinski definition) is 4. The van der Waals surface area contributed by atoms with Gasteiger partial charge in [0.15, 0.2) is 0 Å². The van der Waals surface area contributed by atoms with Crippen LogP contribution in [0.1, 0.15) is 27.7 Å². The summed E-state index contributed by atoms with van der Waals surface area (Å²) in [5.41, 5.74) is 7.79. The van der Waals surface area contributed by atoms with Crippen LogP contribution in [0, 0.1) is 6.92 Å². The number of morpholine rings is 1. The first-order valence-electron chi connectivity index (χ1n) is 5.90. The maximum atomic E-state index is 12.4. The second kappa shape index (κ2) is 5.06. The number of carbonyl (C=O) groups excluding carboxylic acids is 1. The number of rotatable bonds is 2. The zero-order chi connectivity index (χ0) is 12.4. The second-order valence-corrected chi connectivity index (χ2v) is 5.39. The van der Waals surface area contributed by atoms with E-state index in [1.165, 1.54) is 11.3 Å². The first-order valence-corrected chi connectivity index (χ1v) is 6.71. The Morgan fingerprint density at radius 3 is 2.71 bits per heavy atom. The molecular weight excluding hydrogens is 236 g/mol. The average molecular weight is 254 g/mol. The van der Waals surface area contributed by atoms with Gasteiger partial charge in [-0.15, -0.1) is 11.3 Å². The molecule has 0 saturated carbocycles. The van der Waals surface area contributed by atoms with E-state index in [1.54, 1.807) is 0 Å². The lowest BCUT2D eigenvalue weighted by Crippen LogP contribution is -2.41. The van der Waals surface area contributed by atoms with Crippen molar-refractivity contribution in [2.45, 2.75) is 20.3 Å². The van der Waals surface area contributed by atoms with Crippen LogP contribution in [0.4, 0.5) is 5.00 Å². The van der Waals surface area contributed by atoms with Gasteiger partial charge in [0.2, 0.25) is 0 Å². The molecule has 2 heterocycles. The number of anilines is 1. The van der Waals surface area contributed by atoms with Gasteiger partial charge in [-0.1, -0.05) is 6.92 Å². The maximum Gasteiger partial charge on any atom is 0.257 e. The summed E-state index contributed by atoms with van der Waals surface area (Å²) < 4.78 is 5.26. The van der Waals surface area contributed by atoms with Crippen molar-refractivity contribution >= 4 is 22.2 Å². The van der Waals surface area contributed by atoms with Crippen LogP contribution >= 0.6 is 11.3 Å². The molecule has 2 rings (SSSR count). The fourth-order valence-corrected chi connectivity index (χ4v) is 3.20. The third-order valence-electron chi connectivity index (χ3n) is 3.10. The van der Waals surface area contributed by atoms with Gasteiger partial charge in [0.1, 0.15) is 0 Å². The summed E-state index contributed by atoms with van der Waals surface area (Å²) in [7, 11) is 0. The zero-order valence-electron chi connectivity index (χ0n) is 10.3. The first-order chi connectivity index (χ1) is 8.15. The van der Waals surface area contributed by atoms with Crippen LogP contribution < -0.4 is 5.73 Å². The summed E-state index contributed by atoms with van der Waals surface area (Å²) in [6, 6.07) is 0. The molecule has 0 radical (unpaired) electrons. The van der Waals surface area contributed by atoms with Crippen molar-refractivity contribution in [1.82, 2.24) is 4.90 Å². The van der Waals surface area contributed by atoms with Gasteiger partial charge in [-0.05, 0) is 18.9 Å². The Morgan fingerprint density at radius 1 is 1.47 bits per heavy atom. The van der Waals surface area contributed by atoms with E-state index in [2.05, 4.69) is 6.92 Å². The minimum Gasteiger partial charge on any atom is -0.390 e. The molecule has 0 aromatic carbocycles. The van der Waals surface area contributed by atoms with Crippen LogP contribution in [0.2, 0.25) is 0 Å². The van der Waals surface area contributed by atoms with Gasteiger partial charge in [-0.2, -0.15) is 0 Å². The molecule has 4 nitrogen and oxygen atoms in total. The standard InChI is InChI=1S/C12H18N2O2S/c1-3-9-8(2)17-11(13)10(9)12(15)14-4-6-16-7-5-14/h3-7,13H2,1-2H3. The fourth-order valence-electron chi connectivity index (χ4n) is 2.19. The van der Waals surface area contributed by atoms with Crippen molar-refractivity contribution in [3.63, 3.8) is 0 Å². The number of amides is 1. The predicted molar refractivity (Wildman–Crippen MR) is 69.6 cm³/mol. The van der Waals surface area contributed by atoms with E-state index >= 15 is 0 Å². The summed E-state index contributed by atoms with van der Waals surface area (Å²) in [6.45, 7) is 6.65. The number of ether oxygens (including phenoxy) is 1. The molecule has 0 aliphatic carbocycles. The van der Waals surface area contributed by atoms with E-state index in [4.69, 9.17) is 10.5 Å². The number of thiophene rings is 1. The van der Waals surface area contributed by atoms with Crippen LogP contribution in [0.25, 0.3) is 0 Å². The minimum absolute atomic E-state index is 0.0620. The van der Waals surface area contributed by atoms with Crippen molar-refractivity contribution in [1.29, 1.82) is 0 Å². The molecule has 0 bridgehead atoms. The topological polar surface area (TPSA) is 55.6 Å². The lowest BCUT2D eigenvalue weighted by Gasteiger charge is -2.27. The number of nitrogens with zero attached hydrogens (tertiary/aromatic N) is 1. The van der Waals surface area contributed by atoms with Crippen LogP contribution in [-0.2, 0) is 11.2 Å². The largest absolute Gasteiger partial charge is 0.390 e. The molecule has 17 heavy (non-hydrogen) atoms. The summed E-state index contributed by atoms with van der Waals surface area (Å²) in [5, 5.41) is 0.649. The summed E-state index contributed by atoms with van der Waals surface area (Å²) in [4.78, 5) is 15.4. The molecule has 94 valence electrons. The number of aryl methyl sites for hydroxylation is 1. The zero-order valence-corrected chi connectivity index (χ0v) is 11.1. The van der Waals surface area contributed by atoms with Crippen LogP contribution in [0.3, 0.4) is 0 Å². The van der Waals surface area contributed by atoms with Gasteiger partial charge < -0.3 is 15.4 Å². The molecule has 1 fully saturated rings. The van der Waals surface area contributed by atoms with E-state index in [1.807, 2.05) is 11.8 Å². The monoisotopic (exact) mass is 254 g/mol. The van der Waals surface area contributed by atoms with Gasteiger partial charge in [0.05, 0.1) is 23.8 Å². The van der Waals surface area contributed by atoms with Gasteiger partial charge >= 0.3 is 0 Å². The molecule has 1 saturated heterocycles. The SMILES string of the molecule is CCc1c(C)sc(N)c1C(=O)N1CCOCC1. The lowest BCUT2D eigenvalue weighted by atomic mass is 10.1. The summed E-state index contributed by atoms with van der Waals surface area (Å²) >= 11 is 1.51. The molecule has 0 atom stereocenters. The van der Waals surface area contributed by atoms with Crippen molar-refractivity contribution in [3.8, 4) is 0 Å². The normalized spacial score (nSPS) is 16.2. The molecular formula is C12H18N2O2S. The van der Waals surface area contributed by atoms with Gasteiger partial charge in [-0.3, -0.25) is 4.79 Å². The van der Waals surface area contributed by atoms with Crippen LogP contribution in [0.5, 0.6) is 0 Å². The number of hydrogen-bond donors (Lipinski definition) is 1. The van der Waals surface area contributed by atoms with Crippen molar-refractivity contribution in [2.75, 3.05) is 32.0 Å². The highest BCUT2D eigenvalue weighted by molar-refractivity contribution is 7.16. The minimum atomic E-state index is 0.0620. The Balaban J connectivity index is 2.29. The lowest BCUT2D eigenvalue weighted by molar-refractivity contribution is 0.0303. The highest BCUT2D eigenvalue weighted by Crippen LogP contribution is 2.31. The molecule has 2 N–H and O–H groups in total. The molecule has 0 unspecified atom stereocenters. The van der Waals surface area contributed by atoms with E-state index in [0.717, 1.165) is 22.4 Å². The van der Waals surface area contributed by atoms with Crippen molar-refractivity contribution in [2.24, 2.45) is 0 Å². The third kappa shape index (κ3) is 2.30. The fraction of sp³-hybridized carbons (Fsp3) is 0.583. The molecule has 1 aromatic rings. The quantitative estimate of drug-likeness (QED) is 0.873. The summed E-state index contributed by atoms with van der Waals surface area (Å²) in [6.07, 6.45) is 0.852.